The Labute approximate surface area is 139 Å². The molecule has 1 fully saturated rings. The minimum atomic E-state index is -4.23. The third-order valence-electron chi connectivity index (χ3n) is 3.44. The largest absolute Gasteiger partial charge is 0.389 e. The lowest BCUT2D eigenvalue weighted by molar-refractivity contribution is -0.138. The van der Waals surface area contributed by atoms with Crippen LogP contribution in [0.1, 0.15) is 24.4 Å². The van der Waals surface area contributed by atoms with Gasteiger partial charge in [-0.2, -0.15) is 17.6 Å². The molecule has 0 aromatic carbocycles. The third-order valence-corrected chi connectivity index (χ3v) is 3.44. The maximum atomic E-state index is 13.8. The van der Waals surface area contributed by atoms with Crippen molar-refractivity contribution in [2.24, 2.45) is 0 Å². The van der Waals surface area contributed by atoms with Gasteiger partial charge in [0.2, 0.25) is 5.95 Å². The summed E-state index contributed by atoms with van der Waals surface area (Å²) in [6, 6.07) is 2.50. The van der Waals surface area contributed by atoms with Crippen molar-refractivity contribution in [3.05, 3.63) is 29.8 Å². The van der Waals surface area contributed by atoms with Gasteiger partial charge in [0.1, 0.15) is 0 Å². The van der Waals surface area contributed by atoms with Gasteiger partial charge in [-0.25, -0.2) is 4.98 Å². The van der Waals surface area contributed by atoms with Crippen LogP contribution in [-0.2, 0) is 0 Å². The first kappa shape index (κ1) is 21.4. The summed E-state index contributed by atoms with van der Waals surface area (Å²) in [4.78, 5) is 5.44. The summed E-state index contributed by atoms with van der Waals surface area (Å²) >= 11 is 0. The van der Waals surface area contributed by atoms with Gasteiger partial charge in [-0.1, -0.05) is 6.07 Å². The molecule has 2 rings (SSSR count). The van der Waals surface area contributed by atoms with Crippen LogP contribution in [0.25, 0.3) is 0 Å². The normalized spacial score (nSPS) is 17.3. The van der Waals surface area contributed by atoms with E-state index in [2.05, 4.69) is 10.3 Å². The van der Waals surface area contributed by atoms with Crippen molar-refractivity contribution >= 4 is 24.8 Å². The molecule has 1 aromatic heterocycles. The first-order valence-electron chi connectivity index (χ1n) is 6.59. The lowest BCUT2D eigenvalue weighted by Crippen LogP contribution is -2.45. The molecule has 1 aromatic rings. The van der Waals surface area contributed by atoms with Crippen LogP contribution < -0.4 is 5.32 Å². The topological polar surface area (TPSA) is 28.2 Å². The van der Waals surface area contributed by atoms with Crippen molar-refractivity contribution < 1.29 is 17.6 Å². The zero-order valence-corrected chi connectivity index (χ0v) is 13.4. The fraction of sp³-hybridized carbons (Fsp3) is 0.615. The zero-order valence-electron chi connectivity index (χ0n) is 11.8. The summed E-state index contributed by atoms with van der Waals surface area (Å²) in [6.07, 6.45) is -4.00. The Morgan fingerprint density at radius 1 is 1.23 bits per heavy atom. The van der Waals surface area contributed by atoms with E-state index in [-0.39, 0.29) is 36.8 Å². The number of pyridine rings is 1. The van der Waals surface area contributed by atoms with Crippen molar-refractivity contribution in [3.8, 4) is 0 Å². The van der Waals surface area contributed by atoms with Crippen molar-refractivity contribution in [2.75, 3.05) is 26.2 Å². The van der Waals surface area contributed by atoms with Crippen LogP contribution in [0.5, 0.6) is 0 Å². The Balaban J connectivity index is 0.00000220. The number of alkyl halides is 3. The standard InChI is InChI=1S/C13H17F4N3.2ClH/c14-12-10(2-1-5-19-12)11(3-4-13(15,16)17)20-8-6-18-7-9-20;;/h1-2,5,11,18H,3-4,6-9H2;2*1H/t11-;;/m1../s1. The molecule has 2 heterocycles. The van der Waals surface area contributed by atoms with Gasteiger partial charge < -0.3 is 5.32 Å². The van der Waals surface area contributed by atoms with E-state index in [1.165, 1.54) is 12.3 Å². The fourth-order valence-electron chi connectivity index (χ4n) is 2.48. The van der Waals surface area contributed by atoms with E-state index < -0.39 is 24.6 Å². The van der Waals surface area contributed by atoms with Crippen LogP contribution in [0, 0.1) is 5.95 Å². The van der Waals surface area contributed by atoms with Gasteiger partial charge in [0.15, 0.2) is 0 Å². The molecule has 0 aliphatic carbocycles. The summed E-state index contributed by atoms with van der Waals surface area (Å²) in [7, 11) is 0. The summed E-state index contributed by atoms with van der Waals surface area (Å²) in [5.74, 6) is -0.682. The summed E-state index contributed by atoms with van der Waals surface area (Å²) in [5, 5.41) is 3.13. The van der Waals surface area contributed by atoms with E-state index >= 15 is 0 Å². The smallest absolute Gasteiger partial charge is 0.314 e. The minimum absolute atomic E-state index is 0. The predicted octanol–water partition coefficient (Wildman–Crippen LogP) is 3.35. The summed E-state index contributed by atoms with van der Waals surface area (Å²) in [5.41, 5.74) is 0.249. The minimum Gasteiger partial charge on any atom is -0.314 e. The van der Waals surface area contributed by atoms with Gasteiger partial charge >= 0.3 is 6.18 Å². The molecular weight excluding hydrogens is 345 g/mol. The van der Waals surface area contributed by atoms with Crippen LogP contribution in [0.2, 0.25) is 0 Å². The lowest BCUT2D eigenvalue weighted by Gasteiger charge is -2.35. The van der Waals surface area contributed by atoms with Crippen LogP contribution in [-0.4, -0.2) is 42.2 Å². The molecule has 0 spiro atoms. The second-order valence-corrected chi connectivity index (χ2v) is 4.84. The van der Waals surface area contributed by atoms with E-state index in [9.17, 15) is 17.6 Å². The quantitative estimate of drug-likeness (QED) is 0.656. The SMILES string of the molecule is Cl.Cl.Fc1ncccc1[C@@H](CCC(F)(F)F)N1CCNCC1. The molecule has 1 atom stereocenters. The fourth-order valence-corrected chi connectivity index (χ4v) is 2.48. The zero-order chi connectivity index (χ0) is 14.6. The Bertz CT molecular complexity index is 440. The number of hydrogen-bond donors (Lipinski definition) is 1. The predicted molar refractivity (Wildman–Crippen MR) is 81.2 cm³/mol. The molecule has 0 amide bonds. The molecule has 9 heteroatoms. The Kier molecular flexibility index (Phi) is 9.22. The maximum Gasteiger partial charge on any atom is 0.389 e. The van der Waals surface area contributed by atoms with Gasteiger partial charge in [-0.05, 0) is 12.5 Å². The highest BCUT2D eigenvalue weighted by Gasteiger charge is 2.32. The molecule has 1 aliphatic rings. The van der Waals surface area contributed by atoms with Crippen LogP contribution in [0.3, 0.4) is 0 Å². The van der Waals surface area contributed by atoms with E-state index in [0.717, 1.165) is 0 Å². The van der Waals surface area contributed by atoms with Crippen molar-refractivity contribution in [1.82, 2.24) is 15.2 Å². The number of piperazine rings is 1. The molecular formula is C13H19Cl2F4N3. The Hall–Kier alpha value is -0.630. The Morgan fingerprint density at radius 2 is 1.86 bits per heavy atom. The molecule has 0 radical (unpaired) electrons. The molecule has 1 saturated heterocycles. The molecule has 1 N–H and O–H groups in total. The first-order chi connectivity index (χ1) is 9.47. The van der Waals surface area contributed by atoms with Crippen molar-refractivity contribution in [1.29, 1.82) is 0 Å². The molecule has 0 unspecified atom stereocenters. The van der Waals surface area contributed by atoms with Gasteiger partial charge in [-0.3, -0.25) is 4.90 Å². The van der Waals surface area contributed by atoms with E-state index in [0.29, 0.717) is 26.2 Å². The number of rotatable bonds is 4. The second-order valence-electron chi connectivity index (χ2n) is 4.84. The molecule has 0 saturated carbocycles. The summed E-state index contributed by atoms with van der Waals surface area (Å²) < 4.78 is 51.2. The van der Waals surface area contributed by atoms with Crippen LogP contribution >= 0.6 is 24.8 Å². The lowest BCUT2D eigenvalue weighted by atomic mass is 10.0. The third kappa shape index (κ3) is 6.24. The van der Waals surface area contributed by atoms with Gasteiger partial charge in [0, 0.05) is 50.4 Å². The second kappa shape index (κ2) is 9.50. The molecule has 3 nitrogen and oxygen atoms in total. The highest BCUT2D eigenvalue weighted by atomic mass is 35.5. The van der Waals surface area contributed by atoms with Gasteiger partial charge in [0.05, 0.1) is 0 Å². The number of hydrogen-bond acceptors (Lipinski definition) is 3. The molecule has 128 valence electrons. The molecule has 22 heavy (non-hydrogen) atoms. The van der Waals surface area contributed by atoms with Crippen LogP contribution in [0.15, 0.2) is 18.3 Å². The highest BCUT2D eigenvalue weighted by Crippen LogP contribution is 2.32. The highest BCUT2D eigenvalue weighted by molar-refractivity contribution is 5.85. The first-order valence-corrected chi connectivity index (χ1v) is 6.59. The number of nitrogens with zero attached hydrogens (tertiary/aromatic N) is 2. The number of halogens is 6. The number of nitrogens with one attached hydrogen (secondary N) is 1. The van der Waals surface area contributed by atoms with Crippen LogP contribution in [0.4, 0.5) is 17.6 Å². The van der Waals surface area contributed by atoms with Crippen molar-refractivity contribution in [3.63, 3.8) is 0 Å². The average molecular weight is 364 g/mol. The average Bonchev–Trinajstić information content (AvgIpc) is 2.41. The van der Waals surface area contributed by atoms with Crippen molar-refractivity contribution in [2.45, 2.75) is 25.1 Å². The Morgan fingerprint density at radius 3 is 2.41 bits per heavy atom. The van der Waals surface area contributed by atoms with E-state index in [4.69, 9.17) is 0 Å². The van der Waals surface area contributed by atoms with E-state index in [1.54, 1.807) is 6.07 Å². The number of aromatic nitrogens is 1. The molecule has 0 bridgehead atoms. The summed E-state index contributed by atoms with van der Waals surface area (Å²) in [6.45, 7) is 2.61. The van der Waals surface area contributed by atoms with Gasteiger partial charge in [0.25, 0.3) is 0 Å². The monoisotopic (exact) mass is 363 g/mol. The van der Waals surface area contributed by atoms with Gasteiger partial charge in [-0.15, -0.1) is 24.8 Å². The van der Waals surface area contributed by atoms with E-state index in [1.807, 2.05) is 4.90 Å². The maximum absolute atomic E-state index is 13.8. The molecule has 1 aliphatic heterocycles.